The van der Waals surface area contributed by atoms with Crippen LogP contribution in [0, 0.1) is 0 Å². The third kappa shape index (κ3) is 8.41. The van der Waals surface area contributed by atoms with E-state index < -0.39 is 66.4 Å². The highest BCUT2D eigenvalue weighted by Crippen LogP contribution is 2.26. The third-order valence-electron chi connectivity index (χ3n) is 5.40. The molecule has 0 bridgehead atoms. The zero-order valence-electron chi connectivity index (χ0n) is 19.8. The number of amides is 2. The number of carboxylic acids is 2. The van der Waals surface area contributed by atoms with Gasteiger partial charge >= 0.3 is 17.9 Å². The number of nitrogens with one attached hydrogen (secondary N) is 2. The van der Waals surface area contributed by atoms with E-state index in [-0.39, 0.29) is 24.7 Å². The number of ether oxygens (including phenoxy) is 2. The summed E-state index contributed by atoms with van der Waals surface area (Å²) in [4.78, 5) is 59.4. The van der Waals surface area contributed by atoms with E-state index in [0.717, 1.165) is 0 Å². The van der Waals surface area contributed by atoms with Gasteiger partial charge in [-0.1, -0.05) is 13.8 Å². The second kappa shape index (κ2) is 13.0. The minimum atomic E-state index is -2.83. The van der Waals surface area contributed by atoms with Crippen LogP contribution in [0.4, 0.5) is 0 Å². The van der Waals surface area contributed by atoms with Gasteiger partial charge in [0, 0.05) is 18.9 Å². The lowest BCUT2D eigenvalue weighted by Crippen LogP contribution is -2.60. The van der Waals surface area contributed by atoms with Gasteiger partial charge in [0.2, 0.25) is 11.8 Å². The highest BCUT2D eigenvalue weighted by molar-refractivity contribution is 5.91. The number of rotatable bonds is 13. The van der Waals surface area contributed by atoms with Crippen molar-refractivity contribution in [1.29, 1.82) is 0 Å². The Hall–Kier alpha value is -2.99. The average molecular weight is 487 g/mol. The van der Waals surface area contributed by atoms with Gasteiger partial charge < -0.3 is 35.4 Å². The van der Waals surface area contributed by atoms with E-state index in [1.54, 1.807) is 6.92 Å². The number of carboxylic acid groups (broad SMARTS) is 2. The van der Waals surface area contributed by atoms with E-state index in [0.29, 0.717) is 12.8 Å². The molecule has 0 saturated heterocycles. The van der Waals surface area contributed by atoms with Gasteiger partial charge in [-0.2, -0.15) is 0 Å². The standard InChI is InChI=1S/C22H34N2O10/c1-5-14(6-2)34-16-9-13(20(29)33-7-3)8-15(19(16)23-12(4)25)24-17(26)10-22(32,21(30)31)11-18(27)28/h9,14-16,19,32H,5-8,10-11H2,1-4H3,(H,23,25)(H,24,26)(H,27,28)(H,30,31). The minimum Gasteiger partial charge on any atom is -0.481 e. The van der Waals surface area contributed by atoms with E-state index in [4.69, 9.17) is 14.6 Å². The van der Waals surface area contributed by atoms with Crippen molar-refractivity contribution >= 4 is 29.7 Å². The molecule has 0 saturated carbocycles. The molecule has 34 heavy (non-hydrogen) atoms. The fraction of sp³-hybridized carbons (Fsp3) is 0.682. The summed E-state index contributed by atoms with van der Waals surface area (Å²) in [7, 11) is 0. The van der Waals surface area contributed by atoms with Gasteiger partial charge in [-0.3, -0.25) is 14.4 Å². The molecule has 2 amide bonds. The van der Waals surface area contributed by atoms with Crippen LogP contribution >= 0.6 is 0 Å². The Kier molecular flexibility index (Phi) is 11.1. The summed E-state index contributed by atoms with van der Waals surface area (Å²) in [6, 6.07) is -1.75. The summed E-state index contributed by atoms with van der Waals surface area (Å²) < 4.78 is 11.2. The molecule has 1 rings (SSSR count). The predicted molar refractivity (Wildman–Crippen MR) is 118 cm³/mol. The van der Waals surface area contributed by atoms with Crippen LogP contribution in [-0.4, -0.2) is 81.5 Å². The first kappa shape index (κ1) is 29.0. The maximum atomic E-state index is 12.7. The molecule has 0 aromatic carbocycles. The smallest absolute Gasteiger partial charge is 0.336 e. The number of esters is 1. The first-order valence-electron chi connectivity index (χ1n) is 11.1. The zero-order chi connectivity index (χ0) is 26.1. The average Bonchev–Trinajstić information content (AvgIpc) is 2.72. The molecular weight excluding hydrogens is 452 g/mol. The van der Waals surface area contributed by atoms with E-state index >= 15 is 0 Å². The van der Waals surface area contributed by atoms with Crippen molar-refractivity contribution in [2.75, 3.05) is 6.61 Å². The van der Waals surface area contributed by atoms with Crippen LogP contribution in [0.15, 0.2) is 11.6 Å². The first-order valence-corrected chi connectivity index (χ1v) is 11.1. The molecule has 1 aliphatic rings. The van der Waals surface area contributed by atoms with Crippen molar-refractivity contribution in [3.05, 3.63) is 11.6 Å². The number of carbonyl (C=O) groups is 5. The quantitative estimate of drug-likeness (QED) is 0.224. The molecule has 1 aliphatic carbocycles. The molecule has 0 aliphatic heterocycles. The maximum Gasteiger partial charge on any atom is 0.336 e. The number of hydrogen-bond acceptors (Lipinski definition) is 8. The molecule has 0 aromatic rings. The number of aliphatic carboxylic acids is 2. The highest BCUT2D eigenvalue weighted by atomic mass is 16.5. The Bertz CT molecular complexity index is 808. The number of hydrogen-bond donors (Lipinski definition) is 5. The molecule has 5 N–H and O–H groups in total. The molecule has 0 heterocycles. The Balaban J connectivity index is 3.27. The summed E-state index contributed by atoms with van der Waals surface area (Å²) in [5.74, 6) is -5.50. The number of aliphatic hydroxyl groups is 1. The second-order valence-electron chi connectivity index (χ2n) is 8.14. The van der Waals surface area contributed by atoms with Gasteiger partial charge in [0.15, 0.2) is 5.60 Å². The van der Waals surface area contributed by atoms with Gasteiger partial charge in [-0.15, -0.1) is 0 Å². The van der Waals surface area contributed by atoms with Crippen molar-refractivity contribution in [1.82, 2.24) is 10.6 Å². The molecule has 4 unspecified atom stereocenters. The van der Waals surface area contributed by atoms with Gasteiger partial charge in [0.25, 0.3) is 0 Å². The van der Waals surface area contributed by atoms with Crippen LogP contribution in [0.1, 0.15) is 59.8 Å². The Morgan fingerprint density at radius 1 is 1.09 bits per heavy atom. The van der Waals surface area contributed by atoms with Gasteiger partial charge in [0.05, 0.1) is 43.7 Å². The SMILES string of the molecule is CCOC(=O)C1=CC(OC(CC)CC)C(NC(C)=O)C(NC(=O)CC(O)(CC(=O)O)C(=O)O)C1. The van der Waals surface area contributed by atoms with Crippen molar-refractivity contribution < 1.29 is 48.8 Å². The molecule has 12 heteroatoms. The summed E-state index contributed by atoms with van der Waals surface area (Å²) in [6.07, 6.45) is -0.480. The van der Waals surface area contributed by atoms with E-state index in [1.807, 2.05) is 13.8 Å². The second-order valence-corrected chi connectivity index (χ2v) is 8.14. The Morgan fingerprint density at radius 3 is 2.18 bits per heavy atom. The molecule has 12 nitrogen and oxygen atoms in total. The van der Waals surface area contributed by atoms with Crippen LogP contribution in [-0.2, 0) is 33.4 Å². The van der Waals surface area contributed by atoms with Crippen LogP contribution in [0.3, 0.4) is 0 Å². The van der Waals surface area contributed by atoms with Crippen molar-refractivity contribution in [3.8, 4) is 0 Å². The molecule has 0 spiro atoms. The molecule has 192 valence electrons. The predicted octanol–water partition coefficient (Wildman–Crippen LogP) is 0.123. The van der Waals surface area contributed by atoms with Crippen molar-refractivity contribution in [3.63, 3.8) is 0 Å². The lowest BCUT2D eigenvalue weighted by atomic mass is 9.86. The monoisotopic (exact) mass is 486 g/mol. The van der Waals surface area contributed by atoms with Crippen LogP contribution in [0.5, 0.6) is 0 Å². The van der Waals surface area contributed by atoms with Gasteiger partial charge in [-0.05, 0) is 25.8 Å². The molecular formula is C22H34N2O10. The summed E-state index contributed by atoms with van der Waals surface area (Å²) in [6.45, 7) is 6.84. The molecule has 0 aromatic heterocycles. The lowest BCUT2D eigenvalue weighted by Gasteiger charge is -2.39. The zero-order valence-corrected chi connectivity index (χ0v) is 19.8. The van der Waals surface area contributed by atoms with Crippen LogP contribution in [0.2, 0.25) is 0 Å². The van der Waals surface area contributed by atoms with E-state index in [1.165, 1.54) is 13.0 Å². The Labute approximate surface area is 197 Å². The normalized spacial score (nSPS) is 21.7. The molecule has 4 atom stereocenters. The van der Waals surface area contributed by atoms with Crippen molar-refractivity contribution in [2.24, 2.45) is 0 Å². The molecule has 0 fully saturated rings. The summed E-state index contributed by atoms with van der Waals surface area (Å²) in [5, 5.41) is 33.6. The van der Waals surface area contributed by atoms with E-state index in [9.17, 15) is 34.2 Å². The van der Waals surface area contributed by atoms with E-state index in [2.05, 4.69) is 10.6 Å². The van der Waals surface area contributed by atoms with Crippen LogP contribution < -0.4 is 10.6 Å². The van der Waals surface area contributed by atoms with Crippen LogP contribution in [0.25, 0.3) is 0 Å². The number of carbonyl (C=O) groups excluding carboxylic acids is 3. The largest absolute Gasteiger partial charge is 0.481 e. The highest BCUT2D eigenvalue weighted by Gasteiger charge is 2.43. The maximum absolute atomic E-state index is 12.7. The lowest BCUT2D eigenvalue weighted by molar-refractivity contribution is -0.167. The first-order chi connectivity index (χ1) is 15.9. The third-order valence-corrected chi connectivity index (χ3v) is 5.40. The minimum absolute atomic E-state index is 0.0667. The molecule has 0 radical (unpaired) electrons. The van der Waals surface area contributed by atoms with Gasteiger partial charge in [0.1, 0.15) is 0 Å². The summed E-state index contributed by atoms with van der Waals surface area (Å²) >= 11 is 0. The fourth-order valence-electron chi connectivity index (χ4n) is 3.71. The van der Waals surface area contributed by atoms with Gasteiger partial charge in [-0.25, -0.2) is 9.59 Å². The fourth-order valence-corrected chi connectivity index (χ4v) is 3.71. The van der Waals surface area contributed by atoms with Crippen molar-refractivity contribution in [2.45, 2.75) is 89.7 Å². The Morgan fingerprint density at radius 2 is 1.71 bits per heavy atom. The summed E-state index contributed by atoms with van der Waals surface area (Å²) in [5.41, 5.74) is -2.64. The topological polar surface area (TPSA) is 189 Å².